The maximum absolute atomic E-state index is 12.2. The largest absolute Gasteiger partial charge is 0.382 e. The molecule has 4 rings (SSSR count). The van der Waals surface area contributed by atoms with Gasteiger partial charge in [-0.15, -0.1) is 0 Å². The summed E-state index contributed by atoms with van der Waals surface area (Å²) in [5.74, 6) is 0.325. The van der Waals surface area contributed by atoms with E-state index < -0.39 is 5.91 Å². The molecule has 1 amide bonds. The van der Waals surface area contributed by atoms with Crippen molar-refractivity contribution in [2.75, 3.05) is 5.73 Å². The SMILES string of the molecule is Nc1ncnc(C(=O)NCc2ccc(-c3ncc(-c4ccccc4)[nH]3)cn2)c1Cl. The van der Waals surface area contributed by atoms with Crippen LogP contribution in [0.1, 0.15) is 16.2 Å². The standard InChI is InChI=1S/C20H16ClN7O/c21-16-17(26-11-27-18(16)22)20(29)25-9-14-7-6-13(8-23-14)19-24-10-15(28-19)12-4-2-1-3-5-12/h1-8,10-11H,9H2,(H,24,28)(H,25,29)(H2,22,26,27). The lowest BCUT2D eigenvalue weighted by atomic mass is 10.2. The second-order valence-corrected chi connectivity index (χ2v) is 6.53. The molecule has 0 aliphatic heterocycles. The number of nitrogens with two attached hydrogens (primary N) is 1. The lowest BCUT2D eigenvalue weighted by Crippen LogP contribution is -2.25. The second-order valence-electron chi connectivity index (χ2n) is 6.15. The van der Waals surface area contributed by atoms with Crippen molar-refractivity contribution in [1.82, 2.24) is 30.2 Å². The molecule has 0 fully saturated rings. The fourth-order valence-electron chi connectivity index (χ4n) is 2.70. The first-order valence-corrected chi connectivity index (χ1v) is 9.09. The van der Waals surface area contributed by atoms with E-state index in [9.17, 15) is 4.79 Å². The Bertz CT molecular complexity index is 1140. The van der Waals surface area contributed by atoms with E-state index in [1.54, 1.807) is 12.4 Å². The lowest BCUT2D eigenvalue weighted by Gasteiger charge is -2.07. The molecule has 144 valence electrons. The Morgan fingerprint density at radius 3 is 2.59 bits per heavy atom. The predicted octanol–water partition coefficient (Wildman–Crippen LogP) is 3.09. The zero-order chi connectivity index (χ0) is 20.2. The van der Waals surface area contributed by atoms with Gasteiger partial charge in [-0.25, -0.2) is 15.0 Å². The van der Waals surface area contributed by atoms with Crippen molar-refractivity contribution in [3.05, 3.63) is 77.6 Å². The molecule has 4 N–H and O–H groups in total. The number of nitrogen functional groups attached to an aromatic ring is 1. The Morgan fingerprint density at radius 1 is 1.00 bits per heavy atom. The number of amides is 1. The minimum absolute atomic E-state index is 0.0276. The molecule has 9 heteroatoms. The number of hydrogen-bond acceptors (Lipinski definition) is 6. The molecular formula is C20H16ClN7O. The fraction of sp³-hybridized carbons (Fsp3) is 0.0500. The highest BCUT2D eigenvalue weighted by Gasteiger charge is 2.15. The minimum atomic E-state index is -0.450. The van der Waals surface area contributed by atoms with Crippen LogP contribution in [0.3, 0.4) is 0 Å². The summed E-state index contributed by atoms with van der Waals surface area (Å²) in [5, 5.41) is 2.74. The molecule has 0 aliphatic rings. The third kappa shape index (κ3) is 4.07. The van der Waals surface area contributed by atoms with Crippen LogP contribution in [0.25, 0.3) is 22.6 Å². The van der Waals surface area contributed by atoms with Crippen molar-refractivity contribution in [3.8, 4) is 22.6 Å². The number of carbonyl (C=O) groups excluding carboxylic acids is 1. The summed E-state index contributed by atoms with van der Waals surface area (Å²) in [6.45, 7) is 0.215. The number of hydrogen-bond donors (Lipinski definition) is 3. The predicted molar refractivity (Wildman–Crippen MR) is 110 cm³/mol. The van der Waals surface area contributed by atoms with E-state index in [2.05, 4.69) is 30.2 Å². The molecule has 3 aromatic heterocycles. The van der Waals surface area contributed by atoms with Crippen molar-refractivity contribution in [2.24, 2.45) is 0 Å². The van der Waals surface area contributed by atoms with Gasteiger partial charge in [0.2, 0.25) is 0 Å². The van der Waals surface area contributed by atoms with Crippen LogP contribution < -0.4 is 11.1 Å². The first-order valence-electron chi connectivity index (χ1n) is 8.71. The number of aromatic amines is 1. The summed E-state index contributed by atoms with van der Waals surface area (Å²) in [4.78, 5) is 31.9. The molecule has 0 unspecified atom stereocenters. The molecule has 0 radical (unpaired) electrons. The number of carbonyl (C=O) groups is 1. The summed E-state index contributed by atoms with van der Waals surface area (Å²) in [5.41, 5.74) is 9.12. The van der Waals surface area contributed by atoms with Gasteiger partial charge in [-0.1, -0.05) is 41.9 Å². The molecule has 0 bridgehead atoms. The molecule has 0 aliphatic carbocycles. The number of halogens is 1. The van der Waals surface area contributed by atoms with Gasteiger partial charge < -0.3 is 16.0 Å². The normalized spacial score (nSPS) is 10.7. The van der Waals surface area contributed by atoms with Gasteiger partial charge in [-0.05, 0) is 17.7 Å². The van der Waals surface area contributed by atoms with Crippen molar-refractivity contribution in [3.63, 3.8) is 0 Å². The summed E-state index contributed by atoms with van der Waals surface area (Å²) in [6.07, 6.45) is 4.68. The topological polar surface area (TPSA) is 122 Å². The summed E-state index contributed by atoms with van der Waals surface area (Å²) in [6, 6.07) is 13.6. The lowest BCUT2D eigenvalue weighted by molar-refractivity contribution is 0.0945. The number of nitrogens with one attached hydrogen (secondary N) is 2. The van der Waals surface area contributed by atoms with Gasteiger partial charge >= 0.3 is 0 Å². The monoisotopic (exact) mass is 405 g/mol. The highest BCUT2D eigenvalue weighted by atomic mass is 35.5. The van der Waals surface area contributed by atoms with Crippen LogP contribution >= 0.6 is 11.6 Å². The van der Waals surface area contributed by atoms with Gasteiger partial charge in [-0.2, -0.15) is 0 Å². The van der Waals surface area contributed by atoms with Gasteiger partial charge in [0.15, 0.2) is 5.69 Å². The van der Waals surface area contributed by atoms with E-state index in [0.29, 0.717) is 5.69 Å². The average Bonchev–Trinajstić information content (AvgIpc) is 3.25. The second kappa shape index (κ2) is 8.07. The van der Waals surface area contributed by atoms with Crippen LogP contribution in [0.15, 0.2) is 61.2 Å². The molecule has 29 heavy (non-hydrogen) atoms. The summed E-state index contributed by atoms with van der Waals surface area (Å²) < 4.78 is 0. The Labute approximate surface area is 171 Å². The van der Waals surface area contributed by atoms with E-state index >= 15 is 0 Å². The van der Waals surface area contributed by atoms with Gasteiger partial charge in [0, 0.05) is 11.8 Å². The number of rotatable bonds is 5. The van der Waals surface area contributed by atoms with Crippen LogP contribution in [-0.2, 0) is 6.54 Å². The molecule has 4 aromatic rings. The van der Waals surface area contributed by atoms with Gasteiger partial charge in [-0.3, -0.25) is 9.78 Å². The maximum atomic E-state index is 12.2. The fourth-order valence-corrected chi connectivity index (χ4v) is 2.88. The van der Waals surface area contributed by atoms with Gasteiger partial charge in [0.05, 0.1) is 24.1 Å². The van der Waals surface area contributed by atoms with E-state index in [-0.39, 0.29) is 23.1 Å². The van der Waals surface area contributed by atoms with Crippen molar-refractivity contribution < 1.29 is 4.79 Å². The Balaban J connectivity index is 1.43. The highest BCUT2D eigenvalue weighted by Crippen LogP contribution is 2.22. The molecule has 3 heterocycles. The van der Waals surface area contributed by atoms with Gasteiger partial charge in [0.1, 0.15) is 23.0 Å². The Morgan fingerprint density at radius 2 is 1.83 bits per heavy atom. The Hall–Kier alpha value is -3.78. The smallest absolute Gasteiger partial charge is 0.271 e. The van der Waals surface area contributed by atoms with Gasteiger partial charge in [0.25, 0.3) is 5.91 Å². The van der Waals surface area contributed by atoms with E-state index in [1.165, 1.54) is 6.33 Å². The molecule has 0 atom stereocenters. The number of aromatic nitrogens is 5. The summed E-state index contributed by atoms with van der Waals surface area (Å²) >= 11 is 5.97. The quantitative estimate of drug-likeness (QED) is 0.469. The number of benzene rings is 1. The molecule has 8 nitrogen and oxygen atoms in total. The molecule has 0 saturated heterocycles. The number of nitrogens with zero attached hydrogens (tertiary/aromatic N) is 4. The first-order chi connectivity index (χ1) is 14.1. The van der Waals surface area contributed by atoms with E-state index in [1.807, 2.05) is 42.5 Å². The van der Waals surface area contributed by atoms with Crippen LogP contribution in [0, 0.1) is 0 Å². The third-order valence-corrected chi connectivity index (χ3v) is 4.59. The van der Waals surface area contributed by atoms with E-state index in [4.69, 9.17) is 17.3 Å². The number of H-pyrrole nitrogens is 1. The van der Waals surface area contributed by atoms with Crippen LogP contribution in [0.4, 0.5) is 5.82 Å². The Kier molecular flexibility index (Phi) is 5.17. The number of anilines is 1. The third-order valence-electron chi connectivity index (χ3n) is 4.22. The van der Waals surface area contributed by atoms with E-state index in [0.717, 1.165) is 22.6 Å². The molecule has 1 aromatic carbocycles. The van der Waals surface area contributed by atoms with Crippen molar-refractivity contribution in [2.45, 2.75) is 6.54 Å². The molecule has 0 spiro atoms. The zero-order valence-corrected chi connectivity index (χ0v) is 15.9. The maximum Gasteiger partial charge on any atom is 0.271 e. The summed E-state index contributed by atoms with van der Waals surface area (Å²) in [7, 11) is 0. The van der Waals surface area contributed by atoms with Crippen molar-refractivity contribution in [1.29, 1.82) is 0 Å². The molecular weight excluding hydrogens is 390 g/mol. The van der Waals surface area contributed by atoms with Crippen LogP contribution in [0.5, 0.6) is 0 Å². The first kappa shape index (κ1) is 18.6. The average molecular weight is 406 g/mol. The van der Waals surface area contributed by atoms with Crippen LogP contribution in [0.2, 0.25) is 5.02 Å². The van der Waals surface area contributed by atoms with Crippen molar-refractivity contribution >= 4 is 23.3 Å². The number of pyridine rings is 1. The zero-order valence-electron chi connectivity index (χ0n) is 15.1. The highest BCUT2D eigenvalue weighted by molar-refractivity contribution is 6.35. The minimum Gasteiger partial charge on any atom is -0.382 e. The number of imidazole rings is 1. The molecule has 0 saturated carbocycles. The van der Waals surface area contributed by atoms with Crippen LogP contribution in [-0.4, -0.2) is 30.8 Å².